The number of piperazine rings is 1. The number of aromatic nitrogens is 1. The van der Waals surface area contributed by atoms with Gasteiger partial charge in [-0.25, -0.2) is 4.79 Å². The summed E-state index contributed by atoms with van der Waals surface area (Å²) in [5.74, 6) is 0. The van der Waals surface area contributed by atoms with Crippen molar-refractivity contribution >= 4 is 6.03 Å². The lowest BCUT2D eigenvalue weighted by molar-refractivity contribution is 0.131. The van der Waals surface area contributed by atoms with Crippen LogP contribution in [0.3, 0.4) is 0 Å². The molecule has 1 aliphatic rings. The highest BCUT2D eigenvalue weighted by Gasteiger charge is 2.23. The SMILES string of the molecule is CCC(NC(=O)N1CCN(Cc2ccon2)CC1)c1ccc(C)cc1. The fraction of sp³-hybridized carbons (Fsp3) is 0.474. The van der Waals surface area contributed by atoms with E-state index in [1.54, 1.807) is 6.26 Å². The molecule has 3 rings (SSSR count). The third kappa shape index (κ3) is 4.60. The minimum Gasteiger partial charge on any atom is -0.364 e. The smallest absolute Gasteiger partial charge is 0.317 e. The highest BCUT2D eigenvalue weighted by atomic mass is 16.5. The molecule has 1 atom stereocenters. The van der Waals surface area contributed by atoms with Gasteiger partial charge in [-0.15, -0.1) is 0 Å². The molecule has 1 aliphatic heterocycles. The standard InChI is InChI=1S/C19H26N4O2/c1-3-18(16-6-4-15(2)5-7-16)20-19(24)23-11-9-22(10-12-23)14-17-8-13-25-21-17/h4-8,13,18H,3,9-12,14H2,1-2H3,(H,20,24). The molecule has 25 heavy (non-hydrogen) atoms. The van der Waals surface area contributed by atoms with Gasteiger partial charge in [-0.05, 0) is 18.9 Å². The van der Waals surface area contributed by atoms with Crippen LogP contribution in [0.15, 0.2) is 41.1 Å². The van der Waals surface area contributed by atoms with Crippen LogP contribution in [0, 0.1) is 6.92 Å². The van der Waals surface area contributed by atoms with Crippen LogP contribution in [-0.4, -0.2) is 47.2 Å². The summed E-state index contributed by atoms with van der Waals surface area (Å²) >= 11 is 0. The van der Waals surface area contributed by atoms with Crippen molar-refractivity contribution in [3.8, 4) is 0 Å². The molecule has 0 bridgehead atoms. The quantitative estimate of drug-likeness (QED) is 0.907. The molecule has 2 aromatic rings. The summed E-state index contributed by atoms with van der Waals surface area (Å²) in [6.07, 6.45) is 2.47. The van der Waals surface area contributed by atoms with Gasteiger partial charge in [0.25, 0.3) is 0 Å². The first kappa shape index (κ1) is 17.5. The largest absolute Gasteiger partial charge is 0.364 e. The summed E-state index contributed by atoms with van der Waals surface area (Å²) in [7, 11) is 0. The molecule has 2 heterocycles. The van der Waals surface area contributed by atoms with E-state index in [0.717, 1.165) is 50.4 Å². The van der Waals surface area contributed by atoms with E-state index in [-0.39, 0.29) is 12.1 Å². The Balaban J connectivity index is 1.50. The van der Waals surface area contributed by atoms with Gasteiger partial charge in [-0.1, -0.05) is 41.9 Å². The molecule has 2 amide bonds. The van der Waals surface area contributed by atoms with Crippen molar-refractivity contribution in [3.63, 3.8) is 0 Å². The molecule has 0 aliphatic carbocycles. The zero-order chi connectivity index (χ0) is 17.6. The lowest BCUT2D eigenvalue weighted by Crippen LogP contribution is -2.51. The van der Waals surface area contributed by atoms with Crippen LogP contribution in [0.5, 0.6) is 0 Å². The monoisotopic (exact) mass is 342 g/mol. The van der Waals surface area contributed by atoms with Crippen molar-refractivity contribution in [3.05, 3.63) is 53.4 Å². The van der Waals surface area contributed by atoms with Gasteiger partial charge >= 0.3 is 6.03 Å². The minimum absolute atomic E-state index is 0.0218. The van der Waals surface area contributed by atoms with Gasteiger partial charge in [0.15, 0.2) is 0 Å². The number of carbonyl (C=O) groups is 1. The van der Waals surface area contributed by atoms with E-state index in [0.29, 0.717) is 0 Å². The third-order valence-corrected chi connectivity index (χ3v) is 4.72. The maximum Gasteiger partial charge on any atom is 0.317 e. The Morgan fingerprint density at radius 3 is 2.52 bits per heavy atom. The molecule has 0 radical (unpaired) electrons. The van der Waals surface area contributed by atoms with Gasteiger partial charge in [-0.3, -0.25) is 4.90 Å². The molecule has 6 heteroatoms. The number of nitrogens with one attached hydrogen (secondary N) is 1. The molecule has 134 valence electrons. The van der Waals surface area contributed by atoms with Gasteiger partial charge in [0.2, 0.25) is 0 Å². The van der Waals surface area contributed by atoms with Crippen molar-refractivity contribution in [2.24, 2.45) is 0 Å². The third-order valence-electron chi connectivity index (χ3n) is 4.72. The van der Waals surface area contributed by atoms with Gasteiger partial charge < -0.3 is 14.7 Å². The number of rotatable bonds is 5. The second-order valence-electron chi connectivity index (χ2n) is 6.57. The predicted molar refractivity (Wildman–Crippen MR) is 96.1 cm³/mol. The normalized spacial score (nSPS) is 16.6. The summed E-state index contributed by atoms with van der Waals surface area (Å²) in [5, 5.41) is 7.12. The first-order chi connectivity index (χ1) is 12.2. The molecule has 1 fully saturated rings. The molecule has 0 saturated carbocycles. The van der Waals surface area contributed by atoms with Gasteiger partial charge in [0.05, 0.1) is 11.7 Å². The average molecular weight is 342 g/mol. The predicted octanol–water partition coefficient (Wildman–Crippen LogP) is 2.96. The lowest BCUT2D eigenvalue weighted by Gasteiger charge is -2.35. The molecule has 1 aromatic carbocycles. The molecule has 0 spiro atoms. The second kappa shape index (κ2) is 8.16. The van der Waals surface area contributed by atoms with Crippen LogP contribution in [0.2, 0.25) is 0 Å². The summed E-state index contributed by atoms with van der Waals surface area (Å²) in [5.41, 5.74) is 3.32. The van der Waals surface area contributed by atoms with Crippen LogP contribution < -0.4 is 5.32 Å². The number of urea groups is 1. The van der Waals surface area contributed by atoms with Crippen molar-refractivity contribution in [1.82, 2.24) is 20.3 Å². The Hall–Kier alpha value is -2.34. The Labute approximate surface area is 148 Å². The van der Waals surface area contributed by atoms with E-state index in [4.69, 9.17) is 4.52 Å². The van der Waals surface area contributed by atoms with E-state index >= 15 is 0 Å². The summed E-state index contributed by atoms with van der Waals surface area (Å²) < 4.78 is 4.87. The Morgan fingerprint density at radius 2 is 1.92 bits per heavy atom. The van der Waals surface area contributed by atoms with Crippen LogP contribution in [-0.2, 0) is 6.54 Å². The molecular formula is C19H26N4O2. The first-order valence-electron chi connectivity index (χ1n) is 8.89. The zero-order valence-corrected chi connectivity index (χ0v) is 14.9. The Morgan fingerprint density at radius 1 is 1.20 bits per heavy atom. The van der Waals surface area contributed by atoms with E-state index in [1.807, 2.05) is 11.0 Å². The maximum absolute atomic E-state index is 12.6. The summed E-state index contributed by atoms with van der Waals surface area (Å²) in [4.78, 5) is 16.8. The van der Waals surface area contributed by atoms with Gasteiger partial charge in [0.1, 0.15) is 6.26 Å². The average Bonchev–Trinajstić information content (AvgIpc) is 3.14. The topological polar surface area (TPSA) is 61.6 Å². The number of aryl methyl sites for hydroxylation is 1. The fourth-order valence-electron chi connectivity index (χ4n) is 3.12. The molecule has 6 nitrogen and oxygen atoms in total. The minimum atomic E-state index is 0.0218. The van der Waals surface area contributed by atoms with E-state index < -0.39 is 0 Å². The van der Waals surface area contributed by atoms with Crippen LogP contribution >= 0.6 is 0 Å². The van der Waals surface area contributed by atoms with Crippen LogP contribution in [0.25, 0.3) is 0 Å². The van der Waals surface area contributed by atoms with Crippen molar-refractivity contribution in [2.45, 2.75) is 32.9 Å². The Kier molecular flexibility index (Phi) is 5.71. The van der Waals surface area contributed by atoms with Gasteiger partial charge in [0, 0.05) is 38.8 Å². The van der Waals surface area contributed by atoms with Crippen molar-refractivity contribution < 1.29 is 9.32 Å². The van der Waals surface area contributed by atoms with Crippen molar-refractivity contribution in [1.29, 1.82) is 0 Å². The highest BCUT2D eigenvalue weighted by Crippen LogP contribution is 2.18. The molecule has 1 unspecified atom stereocenters. The van der Waals surface area contributed by atoms with E-state index in [1.165, 1.54) is 5.56 Å². The molecule has 1 aromatic heterocycles. The van der Waals surface area contributed by atoms with Crippen LogP contribution in [0.4, 0.5) is 4.79 Å². The number of hydrogen-bond acceptors (Lipinski definition) is 4. The summed E-state index contributed by atoms with van der Waals surface area (Å²) in [6, 6.07) is 10.3. The number of hydrogen-bond donors (Lipinski definition) is 1. The van der Waals surface area contributed by atoms with Gasteiger partial charge in [-0.2, -0.15) is 0 Å². The molecule has 1 saturated heterocycles. The molecule has 1 N–H and O–H groups in total. The number of benzene rings is 1. The van der Waals surface area contributed by atoms with Crippen molar-refractivity contribution in [2.75, 3.05) is 26.2 Å². The second-order valence-corrected chi connectivity index (χ2v) is 6.57. The lowest BCUT2D eigenvalue weighted by atomic mass is 10.0. The maximum atomic E-state index is 12.6. The zero-order valence-electron chi connectivity index (χ0n) is 14.9. The van der Waals surface area contributed by atoms with Crippen LogP contribution in [0.1, 0.15) is 36.2 Å². The van der Waals surface area contributed by atoms with E-state index in [2.05, 4.69) is 53.5 Å². The number of nitrogens with zero attached hydrogens (tertiary/aromatic N) is 3. The number of carbonyl (C=O) groups excluding carboxylic acids is 1. The Bertz CT molecular complexity index is 661. The number of amides is 2. The molecular weight excluding hydrogens is 316 g/mol. The first-order valence-corrected chi connectivity index (χ1v) is 8.89. The fourth-order valence-corrected chi connectivity index (χ4v) is 3.12. The summed E-state index contributed by atoms with van der Waals surface area (Å²) in [6.45, 7) is 8.10. The van der Waals surface area contributed by atoms with E-state index in [9.17, 15) is 4.79 Å². The highest BCUT2D eigenvalue weighted by molar-refractivity contribution is 5.74.